The number of allylic oxidation sites excluding steroid dienone is 2. The minimum atomic E-state index is -1.13. The summed E-state index contributed by atoms with van der Waals surface area (Å²) in [6.07, 6.45) is 7.47. The average Bonchev–Trinajstić information content (AvgIpc) is 3.64. The van der Waals surface area contributed by atoms with E-state index in [0.29, 0.717) is 25.9 Å². The molecule has 2 aliphatic heterocycles. The summed E-state index contributed by atoms with van der Waals surface area (Å²) in [6.45, 7) is 14.8. The van der Waals surface area contributed by atoms with Gasteiger partial charge in [-0.2, -0.15) is 0 Å². The summed E-state index contributed by atoms with van der Waals surface area (Å²) in [5, 5.41) is 31.6. The van der Waals surface area contributed by atoms with Gasteiger partial charge in [0.15, 0.2) is 0 Å². The highest BCUT2D eigenvalue weighted by molar-refractivity contribution is 5.70. The molecule has 234 valence electrons. The second-order valence-electron chi connectivity index (χ2n) is 12.1. The highest BCUT2D eigenvalue weighted by atomic mass is 16.6. The van der Waals surface area contributed by atoms with Crippen molar-refractivity contribution in [3.05, 3.63) is 36.0 Å². The molecule has 9 heteroatoms. The summed E-state index contributed by atoms with van der Waals surface area (Å²) in [6, 6.07) is 0. The number of carbonyl (C=O) groups excluding carboxylic acids is 2. The van der Waals surface area contributed by atoms with E-state index in [1.54, 1.807) is 31.2 Å². The summed E-state index contributed by atoms with van der Waals surface area (Å²) in [5.74, 6) is -1.25. The van der Waals surface area contributed by atoms with Crippen LogP contribution < -0.4 is 0 Å². The highest BCUT2D eigenvalue weighted by Gasteiger charge is 2.47. The Balaban J connectivity index is 2.23. The molecule has 0 aromatic carbocycles. The molecule has 0 saturated carbocycles. The van der Waals surface area contributed by atoms with Crippen molar-refractivity contribution in [1.29, 1.82) is 0 Å². The first-order valence-corrected chi connectivity index (χ1v) is 14.9. The lowest BCUT2D eigenvalue weighted by Crippen LogP contribution is -2.44. The van der Waals surface area contributed by atoms with E-state index in [9.17, 15) is 24.9 Å². The van der Waals surface area contributed by atoms with Crippen LogP contribution in [0, 0.1) is 11.8 Å². The van der Waals surface area contributed by atoms with Gasteiger partial charge in [-0.3, -0.25) is 9.59 Å². The van der Waals surface area contributed by atoms with Crippen LogP contribution in [-0.4, -0.2) is 81.7 Å². The zero-order valence-electron chi connectivity index (χ0n) is 26.0. The van der Waals surface area contributed by atoms with Crippen molar-refractivity contribution in [1.82, 2.24) is 0 Å². The third-order valence-electron chi connectivity index (χ3n) is 8.11. The van der Waals surface area contributed by atoms with Gasteiger partial charge in [0.1, 0.15) is 17.8 Å². The van der Waals surface area contributed by atoms with Gasteiger partial charge >= 0.3 is 11.9 Å². The molecule has 0 aliphatic carbocycles. The Morgan fingerprint density at radius 3 is 2.59 bits per heavy atom. The lowest BCUT2D eigenvalue weighted by Gasteiger charge is -2.36. The van der Waals surface area contributed by atoms with Gasteiger partial charge in [-0.1, -0.05) is 45.1 Å². The second kappa shape index (κ2) is 15.4. The van der Waals surface area contributed by atoms with E-state index in [1.165, 1.54) is 6.92 Å². The second-order valence-corrected chi connectivity index (χ2v) is 12.1. The summed E-state index contributed by atoms with van der Waals surface area (Å²) in [4.78, 5) is 24.7. The van der Waals surface area contributed by atoms with E-state index < -0.39 is 47.6 Å². The van der Waals surface area contributed by atoms with E-state index >= 15 is 0 Å². The molecule has 2 heterocycles. The number of carbonyl (C=O) groups is 2. The van der Waals surface area contributed by atoms with Gasteiger partial charge in [-0.05, 0) is 58.6 Å². The van der Waals surface area contributed by atoms with Crippen LogP contribution in [0.25, 0.3) is 0 Å². The monoisotopic (exact) mass is 580 g/mol. The molecular formula is C32H52O9. The van der Waals surface area contributed by atoms with Gasteiger partial charge in [0.2, 0.25) is 0 Å². The van der Waals surface area contributed by atoms with E-state index in [4.69, 9.17) is 18.9 Å². The van der Waals surface area contributed by atoms with Crippen LogP contribution >= 0.6 is 0 Å². The Bertz CT molecular complexity index is 955. The molecule has 1 saturated heterocycles. The summed E-state index contributed by atoms with van der Waals surface area (Å²) >= 11 is 0. The molecule has 10 unspecified atom stereocenters. The minimum absolute atomic E-state index is 0.00242. The number of rotatable bonds is 11. The molecule has 0 aromatic heterocycles. The van der Waals surface area contributed by atoms with Crippen LogP contribution in [-0.2, 0) is 28.5 Å². The van der Waals surface area contributed by atoms with Gasteiger partial charge in [-0.15, -0.1) is 0 Å². The lowest BCUT2D eigenvalue weighted by atomic mass is 9.88. The van der Waals surface area contributed by atoms with E-state index in [2.05, 4.69) is 0 Å². The maximum Gasteiger partial charge on any atom is 0.309 e. The van der Waals surface area contributed by atoms with Crippen molar-refractivity contribution in [3.8, 4) is 0 Å². The first-order chi connectivity index (χ1) is 19.1. The van der Waals surface area contributed by atoms with Crippen LogP contribution in [0.15, 0.2) is 36.0 Å². The van der Waals surface area contributed by atoms with Gasteiger partial charge in [0, 0.05) is 31.8 Å². The number of esters is 2. The number of cyclic esters (lactones) is 1. The predicted molar refractivity (Wildman–Crippen MR) is 156 cm³/mol. The van der Waals surface area contributed by atoms with Crippen LogP contribution in [0.5, 0.6) is 0 Å². The van der Waals surface area contributed by atoms with Crippen molar-refractivity contribution in [3.63, 3.8) is 0 Å². The third-order valence-corrected chi connectivity index (χ3v) is 8.11. The van der Waals surface area contributed by atoms with Crippen molar-refractivity contribution in [2.45, 2.75) is 135 Å². The standard InChI is InChI=1S/C32H52O9/c1-9-25(35)22(5)30-26(40-30)19-31(7,37)16-11-12-20(3)29-21(4)13-14-27(39-23(6)33)32(8,38-10-2)17-15-24(34)18-28(36)41-29/h11-14,16,21-22,24-27,29-30,34-35,37H,9-10,15,17-19H2,1-8H3. The maximum absolute atomic E-state index is 12.8. The maximum atomic E-state index is 12.8. The molecule has 0 spiro atoms. The molecule has 2 rings (SSSR count). The smallest absolute Gasteiger partial charge is 0.309 e. The van der Waals surface area contributed by atoms with Crippen LogP contribution in [0.2, 0.25) is 0 Å². The lowest BCUT2D eigenvalue weighted by molar-refractivity contribution is -0.164. The zero-order valence-corrected chi connectivity index (χ0v) is 26.0. The molecule has 0 bridgehead atoms. The summed E-state index contributed by atoms with van der Waals surface area (Å²) < 4.78 is 23.2. The van der Waals surface area contributed by atoms with Gasteiger partial charge < -0.3 is 34.3 Å². The largest absolute Gasteiger partial charge is 0.457 e. The molecule has 2 aliphatic rings. The number of epoxide rings is 1. The Hall–Kier alpha value is -2.04. The van der Waals surface area contributed by atoms with E-state index in [0.717, 1.165) is 5.57 Å². The molecule has 3 N–H and O–H groups in total. The topological polar surface area (TPSA) is 135 Å². The first kappa shape index (κ1) is 35.2. The summed E-state index contributed by atoms with van der Waals surface area (Å²) in [5.41, 5.74) is -1.27. The molecule has 0 amide bonds. The normalized spacial score (nSPS) is 34.6. The Morgan fingerprint density at radius 1 is 1.29 bits per heavy atom. The van der Waals surface area contributed by atoms with Gasteiger partial charge in [0.05, 0.1) is 36.4 Å². The number of aliphatic hydroxyl groups excluding tert-OH is 2. The minimum Gasteiger partial charge on any atom is -0.457 e. The number of aliphatic hydroxyl groups is 3. The Morgan fingerprint density at radius 2 is 1.98 bits per heavy atom. The van der Waals surface area contributed by atoms with Crippen molar-refractivity contribution < 1.29 is 43.9 Å². The molecule has 1 fully saturated rings. The van der Waals surface area contributed by atoms with Gasteiger partial charge in [-0.25, -0.2) is 0 Å². The fraction of sp³-hybridized carbons (Fsp3) is 0.750. The molecule has 41 heavy (non-hydrogen) atoms. The van der Waals surface area contributed by atoms with E-state index in [-0.39, 0.29) is 36.9 Å². The first-order valence-electron chi connectivity index (χ1n) is 14.9. The quantitative estimate of drug-likeness (QED) is 0.142. The van der Waals surface area contributed by atoms with Crippen LogP contribution in [0.1, 0.15) is 87.5 Å². The van der Waals surface area contributed by atoms with Crippen molar-refractivity contribution >= 4 is 11.9 Å². The van der Waals surface area contributed by atoms with Crippen molar-refractivity contribution in [2.75, 3.05) is 6.61 Å². The molecule has 0 radical (unpaired) electrons. The predicted octanol–water partition coefficient (Wildman–Crippen LogP) is 4.18. The number of hydrogen-bond donors (Lipinski definition) is 3. The van der Waals surface area contributed by atoms with E-state index in [1.807, 2.05) is 47.6 Å². The highest BCUT2D eigenvalue weighted by Crippen LogP contribution is 2.37. The number of ether oxygens (including phenoxy) is 4. The van der Waals surface area contributed by atoms with Gasteiger partial charge in [0.25, 0.3) is 0 Å². The number of hydrogen-bond acceptors (Lipinski definition) is 9. The van der Waals surface area contributed by atoms with Crippen LogP contribution in [0.3, 0.4) is 0 Å². The SMILES string of the molecule is CCOC1(C)CCC(O)CC(=O)OC(C(C)=CC=CC(C)(O)CC2OC2C(C)C(O)CC)C(C)C=CC1OC(C)=O. The Kier molecular flexibility index (Phi) is 13.2. The zero-order chi connectivity index (χ0) is 31.0. The average molecular weight is 581 g/mol. The van der Waals surface area contributed by atoms with Crippen LogP contribution in [0.4, 0.5) is 0 Å². The molecule has 0 aromatic rings. The Labute approximate surface area is 245 Å². The molecule has 9 nitrogen and oxygen atoms in total. The fourth-order valence-electron chi connectivity index (χ4n) is 5.45. The fourth-order valence-corrected chi connectivity index (χ4v) is 5.45. The molecule has 10 atom stereocenters. The third kappa shape index (κ3) is 10.9. The van der Waals surface area contributed by atoms with Crippen molar-refractivity contribution in [2.24, 2.45) is 11.8 Å². The molecular weight excluding hydrogens is 528 g/mol. The summed E-state index contributed by atoms with van der Waals surface area (Å²) in [7, 11) is 0.